The molecule has 0 aromatic rings. The summed E-state index contributed by atoms with van der Waals surface area (Å²) in [7, 11) is 0. The molecule has 0 fully saturated rings. The van der Waals surface area contributed by atoms with Gasteiger partial charge in [-0.3, -0.25) is 14.4 Å². The molecule has 0 aliphatic heterocycles. The van der Waals surface area contributed by atoms with E-state index in [1.807, 2.05) is 0 Å². The van der Waals surface area contributed by atoms with Crippen molar-refractivity contribution in [2.45, 2.75) is 316 Å². The second-order valence-corrected chi connectivity index (χ2v) is 20.6. The van der Waals surface area contributed by atoms with Gasteiger partial charge in [0.05, 0.1) is 0 Å². The molecule has 1 atom stereocenters. The summed E-state index contributed by atoms with van der Waals surface area (Å²) in [6, 6.07) is 0. The number of rotatable bonds is 56. The number of carbonyl (C=O) groups excluding carboxylic acids is 3. The van der Waals surface area contributed by atoms with Gasteiger partial charge in [-0.05, 0) is 103 Å². The lowest BCUT2D eigenvalue weighted by atomic mass is 10.0. The van der Waals surface area contributed by atoms with Crippen molar-refractivity contribution in [1.29, 1.82) is 0 Å². The zero-order chi connectivity index (χ0) is 52.2. The molecule has 0 saturated carbocycles. The minimum atomic E-state index is -0.780. The van der Waals surface area contributed by atoms with Crippen LogP contribution in [0.25, 0.3) is 0 Å². The highest BCUT2D eigenvalue weighted by atomic mass is 16.6. The van der Waals surface area contributed by atoms with Gasteiger partial charge in [-0.1, -0.05) is 261 Å². The van der Waals surface area contributed by atoms with Crippen LogP contribution in [0.1, 0.15) is 310 Å². The van der Waals surface area contributed by atoms with Crippen molar-refractivity contribution in [3.05, 3.63) is 72.9 Å². The van der Waals surface area contributed by atoms with Crippen molar-refractivity contribution in [2.75, 3.05) is 13.2 Å². The van der Waals surface area contributed by atoms with Gasteiger partial charge >= 0.3 is 17.9 Å². The van der Waals surface area contributed by atoms with Gasteiger partial charge in [0.15, 0.2) is 6.10 Å². The van der Waals surface area contributed by atoms with E-state index in [9.17, 15) is 14.4 Å². The van der Waals surface area contributed by atoms with E-state index in [0.29, 0.717) is 19.3 Å². The number of ether oxygens (including phenoxy) is 3. The lowest BCUT2D eigenvalue weighted by Gasteiger charge is -2.18. The van der Waals surface area contributed by atoms with Crippen molar-refractivity contribution in [3.8, 4) is 0 Å². The smallest absolute Gasteiger partial charge is 0.306 e. The van der Waals surface area contributed by atoms with Crippen molar-refractivity contribution >= 4 is 17.9 Å². The maximum Gasteiger partial charge on any atom is 0.306 e. The van der Waals surface area contributed by atoms with Crippen molar-refractivity contribution in [2.24, 2.45) is 0 Å². The Labute approximate surface area is 446 Å². The first kappa shape index (κ1) is 68.8. The molecule has 0 heterocycles. The standard InChI is InChI=1S/C66H116O6/c1-4-7-10-13-16-19-22-24-26-28-29-30-31-32-33-34-35-36-37-39-40-42-44-47-50-53-56-59-65(68)71-62-63(61-70-64(67)58-55-52-49-46-21-18-15-12-9-6-3)72-66(69)60-57-54-51-48-45-43-41-38-27-25-23-20-17-14-11-8-5-2/h7,10,12,15-16,19,24-27,29-30,63H,4-6,8-9,11,13-14,17-18,20-23,28,31-62H2,1-3H3/b10-7-,15-12-,19-16-,26-24-,27-25-,30-29-. The SMILES string of the molecule is CC/C=C\C/C=C\C/C=C\C/C=C\CCCCCCCCCCCCCCCCC(=O)OCC(COC(=O)CCCCCCC/C=C\CCC)OC(=O)CCCCCCCCC/C=C\CCCCCCCC. The molecular weight excluding hydrogens is 889 g/mol. The lowest BCUT2D eigenvalue weighted by Crippen LogP contribution is -2.30. The topological polar surface area (TPSA) is 78.9 Å². The molecule has 6 heteroatoms. The van der Waals surface area contributed by atoms with E-state index >= 15 is 0 Å². The van der Waals surface area contributed by atoms with Gasteiger partial charge in [0, 0.05) is 19.3 Å². The Morgan fingerprint density at radius 3 is 0.917 bits per heavy atom. The molecule has 0 bridgehead atoms. The molecule has 0 N–H and O–H groups in total. The molecule has 6 nitrogen and oxygen atoms in total. The highest BCUT2D eigenvalue weighted by molar-refractivity contribution is 5.71. The van der Waals surface area contributed by atoms with E-state index < -0.39 is 6.10 Å². The van der Waals surface area contributed by atoms with Gasteiger partial charge in [0.25, 0.3) is 0 Å². The van der Waals surface area contributed by atoms with Gasteiger partial charge < -0.3 is 14.2 Å². The van der Waals surface area contributed by atoms with Crippen LogP contribution in [-0.4, -0.2) is 37.2 Å². The first-order valence-corrected chi connectivity index (χ1v) is 30.9. The predicted molar refractivity (Wildman–Crippen MR) is 311 cm³/mol. The largest absolute Gasteiger partial charge is 0.462 e. The minimum Gasteiger partial charge on any atom is -0.462 e. The van der Waals surface area contributed by atoms with Gasteiger partial charge in [-0.15, -0.1) is 0 Å². The second kappa shape index (κ2) is 60.4. The van der Waals surface area contributed by atoms with Crippen molar-refractivity contribution in [1.82, 2.24) is 0 Å². The molecule has 0 saturated heterocycles. The normalized spacial score (nSPS) is 12.5. The summed E-state index contributed by atoms with van der Waals surface area (Å²) in [5, 5.41) is 0. The first-order chi connectivity index (χ1) is 35.5. The molecule has 72 heavy (non-hydrogen) atoms. The number of carbonyl (C=O) groups is 3. The molecule has 0 amide bonds. The number of hydrogen-bond donors (Lipinski definition) is 0. The van der Waals surface area contributed by atoms with Gasteiger partial charge in [-0.25, -0.2) is 0 Å². The van der Waals surface area contributed by atoms with E-state index in [1.165, 1.54) is 173 Å². The van der Waals surface area contributed by atoms with Crippen molar-refractivity contribution < 1.29 is 28.6 Å². The van der Waals surface area contributed by atoms with Crippen LogP contribution in [0, 0.1) is 0 Å². The maximum absolute atomic E-state index is 12.9. The third-order valence-corrected chi connectivity index (χ3v) is 13.4. The molecular formula is C66H116O6. The molecule has 0 radical (unpaired) electrons. The third kappa shape index (κ3) is 57.7. The lowest BCUT2D eigenvalue weighted by molar-refractivity contribution is -0.167. The van der Waals surface area contributed by atoms with E-state index in [0.717, 1.165) is 96.3 Å². The first-order valence-electron chi connectivity index (χ1n) is 30.9. The Morgan fingerprint density at radius 2 is 0.569 bits per heavy atom. The second-order valence-electron chi connectivity index (χ2n) is 20.6. The summed E-state index contributed by atoms with van der Waals surface area (Å²) in [4.78, 5) is 38.2. The summed E-state index contributed by atoms with van der Waals surface area (Å²) in [6.45, 7) is 6.48. The Bertz CT molecular complexity index is 1340. The van der Waals surface area contributed by atoms with Crippen LogP contribution in [0.4, 0.5) is 0 Å². The van der Waals surface area contributed by atoms with Crippen LogP contribution >= 0.6 is 0 Å². The number of hydrogen-bond acceptors (Lipinski definition) is 6. The molecule has 1 unspecified atom stereocenters. The highest BCUT2D eigenvalue weighted by Gasteiger charge is 2.19. The predicted octanol–water partition coefficient (Wildman–Crippen LogP) is 20.9. The van der Waals surface area contributed by atoms with Crippen LogP contribution in [-0.2, 0) is 28.6 Å². The molecule has 0 aromatic heterocycles. The number of unbranched alkanes of at least 4 members (excludes halogenated alkanes) is 33. The maximum atomic E-state index is 12.9. The zero-order valence-electron chi connectivity index (χ0n) is 47.7. The Kier molecular flexibility index (Phi) is 57.8. The van der Waals surface area contributed by atoms with Crippen LogP contribution in [0.2, 0.25) is 0 Å². The van der Waals surface area contributed by atoms with E-state index in [1.54, 1.807) is 0 Å². The Hall–Kier alpha value is -3.15. The monoisotopic (exact) mass is 1000 g/mol. The number of allylic oxidation sites excluding steroid dienone is 12. The minimum absolute atomic E-state index is 0.0779. The molecule has 0 aromatic carbocycles. The number of esters is 3. The third-order valence-electron chi connectivity index (χ3n) is 13.4. The fraction of sp³-hybridized carbons (Fsp3) is 0.773. The Morgan fingerprint density at radius 1 is 0.292 bits per heavy atom. The summed E-state index contributed by atoms with van der Waals surface area (Å²) < 4.78 is 16.9. The highest BCUT2D eigenvalue weighted by Crippen LogP contribution is 2.16. The molecule has 0 spiro atoms. The van der Waals surface area contributed by atoms with Crippen LogP contribution in [0.5, 0.6) is 0 Å². The van der Waals surface area contributed by atoms with Crippen LogP contribution in [0.15, 0.2) is 72.9 Å². The summed E-state index contributed by atoms with van der Waals surface area (Å²) in [5.74, 6) is -0.882. The van der Waals surface area contributed by atoms with Crippen LogP contribution in [0.3, 0.4) is 0 Å². The van der Waals surface area contributed by atoms with Gasteiger partial charge in [0.1, 0.15) is 13.2 Å². The molecule has 0 aliphatic carbocycles. The van der Waals surface area contributed by atoms with E-state index in [2.05, 4.69) is 93.7 Å². The van der Waals surface area contributed by atoms with E-state index in [-0.39, 0.29) is 31.1 Å². The average molecular weight is 1010 g/mol. The molecule has 0 aliphatic rings. The summed E-state index contributed by atoms with van der Waals surface area (Å²) in [6.07, 6.45) is 77.7. The van der Waals surface area contributed by atoms with Gasteiger partial charge in [0.2, 0.25) is 0 Å². The fourth-order valence-electron chi connectivity index (χ4n) is 8.79. The molecule has 0 rings (SSSR count). The molecule has 416 valence electrons. The van der Waals surface area contributed by atoms with E-state index in [4.69, 9.17) is 14.2 Å². The van der Waals surface area contributed by atoms with Crippen molar-refractivity contribution in [3.63, 3.8) is 0 Å². The zero-order valence-corrected chi connectivity index (χ0v) is 47.7. The summed E-state index contributed by atoms with van der Waals surface area (Å²) >= 11 is 0. The van der Waals surface area contributed by atoms with Crippen LogP contribution < -0.4 is 0 Å². The summed E-state index contributed by atoms with van der Waals surface area (Å²) in [5.41, 5.74) is 0. The fourth-order valence-corrected chi connectivity index (χ4v) is 8.79. The quantitative estimate of drug-likeness (QED) is 0.0261. The Balaban J connectivity index is 4.20. The van der Waals surface area contributed by atoms with Gasteiger partial charge in [-0.2, -0.15) is 0 Å². The average Bonchev–Trinajstić information content (AvgIpc) is 3.38.